The molecule has 3 aliphatic heterocycles. The number of phenols is 1. The van der Waals surface area contributed by atoms with Crippen molar-refractivity contribution in [1.82, 2.24) is 72.6 Å². The molecule has 2 aliphatic carbocycles. The molecule has 0 radical (unpaired) electrons. The van der Waals surface area contributed by atoms with Gasteiger partial charge in [-0.1, -0.05) is 97.0 Å². The van der Waals surface area contributed by atoms with Crippen molar-refractivity contribution in [2.75, 3.05) is 73.8 Å². The average Bonchev–Trinajstić information content (AvgIpc) is 1.51. The van der Waals surface area contributed by atoms with Gasteiger partial charge in [-0.2, -0.15) is 23.5 Å². The van der Waals surface area contributed by atoms with Gasteiger partial charge in [0, 0.05) is 119 Å². The van der Waals surface area contributed by atoms with E-state index in [0.717, 1.165) is 108 Å². The minimum absolute atomic E-state index is 0.00921. The summed E-state index contributed by atoms with van der Waals surface area (Å²) in [5.41, 5.74) is 21.2. The largest absolute Gasteiger partial charge is 0.508 e. The zero-order valence-electron chi connectivity index (χ0n) is 67.7. The van der Waals surface area contributed by atoms with E-state index in [9.17, 15) is 39.0 Å². The summed E-state index contributed by atoms with van der Waals surface area (Å²) in [7, 11) is 2.00. The minimum Gasteiger partial charge on any atom is -0.508 e. The van der Waals surface area contributed by atoms with Gasteiger partial charge in [0.1, 0.15) is 54.1 Å². The molecule has 636 valence electrons. The monoisotopic (exact) mass is 1690 g/mol. The fourth-order valence-corrected chi connectivity index (χ4v) is 22.1. The van der Waals surface area contributed by atoms with Gasteiger partial charge in [-0.25, -0.2) is 0 Å². The van der Waals surface area contributed by atoms with Crippen LogP contribution < -0.4 is 59.3 Å². The first-order chi connectivity index (χ1) is 57.1. The Hall–Kier alpha value is -8.76. The molecule has 6 heterocycles. The van der Waals surface area contributed by atoms with Crippen molar-refractivity contribution in [1.29, 1.82) is 0 Å². The number of likely N-dealkylation sites (tertiary alicyclic amines) is 2. The second kappa shape index (κ2) is 42.5. The molecule has 3 aromatic heterocycles. The van der Waals surface area contributed by atoms with Crippen molar-refractivity contribution in [2.24, 2.45) is 23.3 Å². The topological polar surface area (TPSA) is 425 Å². The lowest BCUT2D eigenvalue weighted by Crippen LogP contribution is -2.61. The number of nitrogens with two attached hydrogens (primary N) is 2. The van der Waals surface area contributed by atoms with E-state index in [0.29, 0.717) is 72.4 Å². The fraction of sp³-hybridized carbons (Fsp3) is 0.535. The van der Waals surface area contributed by atoms with Crippen LogP contribution in [0.2, 0.25) is 0 Å². The summed E-state index contributed by atoms with van der Waals surface area (Å²) in [5, 5.41) is 49.9. The number of para-hydroxylation sites is 1. The second-order valence-electron chi connectivity index (χ2n) is 32.3. The van der Waals surface area contributed by atoms with Crippen LogP contribution in [0.5, 0.6) is 5.75 Å². The molecule has 15 atom stereocenters. The predicted molar refractivity (Wildman–Crippen MR) is 467 cm³/mol. The Morgan fingerprint density at radius 1 is 0.610 bits per heavy atom. The maximum absolute atomic E-state index is 15.6. The number of aliphatic hydroxyl groups excluding tert-OH is 1. The number of phenolic OH excluding ortho intramolecular Hbond substituents is 1. The maximum Gasteiger partial charge on any atom is 0.244 e. The van der Waals surface area contributed by atoms with Gasteiger partial charge < -0.3 is 84.5 Å². The van der Waals surface area contributed by atoms with E-state index in [-0.39, 0.29) is 85.8 Å². The highest BCUT2D eigenvalue weighted by Gasteiger charge is 2.44. The number of benzene rings is 4. The highest BCUT2D eigenvalue weighted by Crippen LogP contribution is 2.47. The quantitative estimate of drug-likeness (QED) is 0.0167. The molecule has 3 unspecified atom stereocenters. The van der Waals surface area contributed by atoms with Crippen LogP contribution in [0.15, 0.2) is 104 Å². The van der Waals surface area contributed by atoms with E-state index in [4.69, 9.17) is 11.5 Å². The van der Waals surface area contributed by atoms with Gasteiger partial charge in [-0.15, -0.1) is 0 Å². The Bertz CT molecular complexity index is 4660. The molecule has 3 saturated heterocycles. The van der Waals surface area contributed by atoms with Crippen molar-refractivity contribution in [3.63, 3.8) is 0 Å². The molecular formula is C86H116N16O12S4. The number of aromatic nitrogens is 3. The molecule has 0 saturated carbocycles. The molecule has 5 aliphatic rings. The van der Waals surface area contributed by atoms with Gasteiger partial charge in [-0.3, -0.25) is 57.7 Å². The first kappa shape index (κ1) is 88.5. The first-order valence-electron chi connectivity index (χ1n) is 41.8. The summed E-state index contributed by atoms with van der Waals surface area (Å²) < 4.78 is 0. The van der Waals surface area contributed by atoms with Crippen LogP contribution in [0.1, 0.15) is 144 Å². The number of piperidine rings is 2. The molecule has 18 N–H and O–H groups in total. The molecule has 118 heavy (non-hydrogen) atoms. The van der Waals surface area contributed by atoms with Crippen LogP contribution in [-0.4, -0.2) is 234 Å². The van der Waals surface area contributed by atoms with Crippen LogP contribution in [0.3, 0.4) is 0 Å². The molecule has 0 bridgehead atoms. The highest BCUT2D eigenvalue weighted by molar-refractivity contribution is 8.76. The molecular weight excluding hydrogens is 1580 g/mol. The van der Waals surface area contributed by atoms with Crippen LogP contribution in [0, 0.1) is 11.8 Å². The average molecular weight is 1690 g/mol. The van der Waals surface area contributed by atoms with Crippen molar-refractivity contribution >= 4 is 137 Å². The highest BCUT2D eigenvalue weighted by atomic mass is 33.1. The number of carbonyl (C=O) groups is 10. The Kier molecular flexibility index (Phi) is 31.8. The van der Waals surface area contributed by atoms with E-state index < -0.39 is 108 Å². The number of hydrogen-bond donors (Lipinski definition) is 16. The van der Waals surface area contributed by atoms with Crippen LogP contribution >= 0.6 is 45.1 Å². The Morgan fingerprint density at radius 2 is 1.17 bits per heavy atom. The van der Waals surface area contributed by atoms with Gasteiger partial charge in [0.25, 0.3) is 0 Å². The number of carbonyl (C=O) groups excluding carboxylic acids is 10. The maximum atomic E-state index is 15.6. The number of aliphatic hydroxyl groups is 1. The molecule has 28 nitrogen and oxygen atoms in total. The Morgan fingerprint density at radius 3 is 1.78 bits per heavy atom. The first-order valence-corrected chi connectivity index (χ1v) is 46.6. The molecule has 7 aromatic rings. The molecule has 4 aromatic carbocycles. The van der Waals surface area contributed by atoms with Gasteiger partial charge in [0.2, 0.25) is 59.1 Å². The lowest BCUT2D eigenvalue weighted by molar-refractivity contribution is -0.135. The minimum atomic E-state index is -1.60. The smallest absolute Gasteiger partial charge is 0.244 e. The van der Waals surface area contributed by atoms with E-state index >= 15 is 19.2 Å². The summed E-state index contributed by atoms with van der Waals surface area (Å²) in [6.07, 6.45) is 11.9. The number of rotatable bonds is 33. The molecule has 32 heteroatoms. The summed E-state index contributed by atoms with van der Waals surface area (Å²) in [6.45, 7) is 11.7. The summed E-state index contributed by atoms with van der Waals surface area (Å²) in [5.74, 6) is -4.82. The van der Waals surface area contributed by atoms with Gasteiger partial charge >= 0.3 is 0 Å². The molecule has 12 rings (SSSR count). The summed E-state index contributed by atoms with van der Waals surface area (Å²) in [4.78, 5) is 161. The zero-order chi connectivity index (χ0) is 83.5. The van der Waals surface area contributed by atoms with Gasteiger partial charge in [0.15, 0.2) is 0 Å². The Balaban J connectivity index is 0.794. The number of nitrogens with zero attached hydrogens (tertiary/aromatic N) is 2. The number of aromatic amines is 3. The Labute approximate surface area is 705 Å². The number of hydrogen-bond acceptors (Lipinski definition) is 19. The van der Waals surface area contributed by atoms with E-state index in [1.165, 1.54) is 69.4 Å². The van der Waals surface area contributed by atoms with E-state index in [2.05, 4.69) is 135 Å². The van der Waals surface area contributed by atoms with Crippen LogP contribution in [0.25, 0.3) is 32.7 Å². The zero-order valence-corrected chi connectivity index (χ0v) is 71.0. The lowest BCUT2D eigenvalue weighted by atomic mass is 9.72. The van der Waals surface area contributed by atoms with Gasteiger partial charge in [-0.05, 0) is 197 Å². The number of fused-ring (bicyclic) bond motifs is 5. The number of thioether (sulfide) groups is 2. The van der Waals surface area contributed by atoms with Crippen molar-refractivity contribution in [3.8, 4) is 5.75 Å². The number of H-pyrrole nitrogens is 3. The fourth-order valence-electron chi connectivity index (χ4n) is 17.9. The number of aromatic hydroxyl groups is 1. The van der Waals surface area contributed by atoms with Crippen LogP contribution in [0.4, 0.5) is 0 Å². The second-order valence-corrected chi connectivity index (χ2v) is 36.9. The molecule has 10 amide bonds. The third-order valence-corrected chi connectivity index (χ3v) is 28.4. The lowest BCUT2D eigenvalue weighted by Gasteiger charge is -2.47. The normalized spacial score (nSPS) is 24.4. The number of primary amides is 1. The number of amides is 10. The van der Waals surface area contributed by atoms with Crippen molar-refractivity contribution in [3.05, 3.63) is 137 Å². The predicted octanol–water partition coefficient (Wildman–Crippen LogP) is 5.93. The summed E-state index contributed by atoms with van der Waals surface area (Å²) in [6, 6.07) is 15.8. The summed E-state index contributed by atoms with van der Waals surface area (Å²) >= 11 is 3.14. The van der Waals surface area contributed by atoms with Crippen LogP contribution in [-0.2, 0) is 73.6 Å². The third kappa shape index (κ3) is 22.6. The molecule has 3 fully saturated rings. The number of unbranched alkanes of at least 4 members (excludes halogenated alkanes) is 2. The standard InChI is InChI=1S/C86H116N16O12S4/c1-5-30-101-41-51(32-60-58-17-14-22-64-76(58)54(39-91-64)36-72(60)101)43-115-47-74(105)89-29-13-11-21-66(93-75(106)48-116-44-52-33-61-59-18-15-23-65-77(59)55(40-92-65)37-73(61)102(42-52)31-6-2)81(109)99-70-45-117-118-46-71(86(114)100-78(49(4)103)79(88)107)98-80(108)62(7-3)94-82(110)67(20-10-12-28-87)95-84(112)69(35-53-38-90-63-19-9-8-16-57(53)63)97-83(111)68(96-85(70)113)34-50-24-26-56(104)27-25-50/h8-9,14-19,22-27,38-40,49,51-52,60-62,66-73,78,90-92,103-104H,5-7,10-13,20-21,28-37,41-48,87H2,1-4H3,(H2,88,107)(H,89,105)(H,93,106)(H,94,110)(H,95,112)(H,96,113)(H,97,111)(H,98,108)(H,99,109)(H,100,114)/t49-,51-,52-,60-,61-,62?,66-,67+,68?,69-,70?,71+,72-,73-,78+/m1/s1. The van der Waals surface area contributed by atoms with Gasteiger partial charge in [0.05, 0.1) is 17.6 Å². The van der Waals surface area contributed by atoms with Crippen molar-refractivity contribution in [2.45, 2.75) is 202 Å². The van der Waals surface area contributed by atoms with Crippen molar-refractivity contribution < 1.29 is 58.2 Å². The molecule has 0 spiro atoms. The SMILES string of the molecule is CCCN1C[C@H](CSCC(=O)NCCCC[C@@H](NC(=O)CSC[C@@H]2C[C@@H]3c4cccc5[nH]cc(c45)C[C@H]3N(CCC)C2)C(=O)NC2CSSC[C@@H](C(=O)N[C@H](C(N)=O)[C@@H](C)O)NC(=O)C(CC)NC(=O)[C@H](CCCCN)NC(=O)[C@@H](Cc3c[nH]c4ccccc34)NC(=O)C(Cc3ccc(O)cc3)NC2=O)C[C@@H]2c3cccc4[nH]cc(c34)C[C@H]21. The van der Waals surface area contributed by atoms with E-state index in [1.807, 2.05) is 24.3 Å². The number of nitrogens with one attached hydrogen (secondary N) is 12. The third-order valence-electron chi connectivity index (χ3n) is 23.7. The van der Waals surface area contributed by atoms with E-state index in [1.54, 1.807) is 37.0 Å².